The summed E-state index contributed by atoms with van der Waals surface area (Å²) in [6.45, 7) is 6.43. The highest BCUT2D eigenvalue weighted by atomic mass is 19.4. The van der Waals surface area contributed by atoms with Gasteiger partial charge in [-0.15, -0.1) is 6.58 Å². The number of likely N-dealkylation sites (N-methyl/N-ethyl adjacent to an activating group) is 1. The second-order valence-electron chi connectivity index (χ2n) is 3.67. The third-order valence-corrected chi connectivity index (χ3v) is 2.53. The SMILES string of the molecule is C=CCN(CC)c1ccc(C#N)c(C(F)(F)F)c1. The molecule has 5 heteroatoms. The van der Waals surface area contributed by atoms with E-state index in [-0.39, 0.29) is 5.56 Å². The van der Waals surface area contributed by atoms with Crippen molar-refractivity contribution in [2.75, 3.05) is 18.0 Å². The van der Waals surface area contributed by atoms with E-state index in [1.807, 2.05) is 6.92 Å². The molecule has 0 aliphatic carbocycles. The number of nitriles is 1. The van der Waals surface area contributed by atoms with E-state index >= 15 is 0 Å². The fraction of sp³-hybridized carbons (Fsp3) is 0.308. The van der Waals surface area contributed by atoms with Crippen LogP contribution < -0.4 is 4.90 Å². The zero-order chi connectivity index (χ0) is 13.8. The molecule has 0 unspecified atom stereocenters. The normalized spacial score (nSPS) is 10.8. The van der Waals surface area contributed by atoms with E-state index in [0.717, 1.165) is 6.07 Å². The summed E-state index contributed by atoms with van der Waals surface area (Å²) in [6, 6.07) is 5.28. The van der Waals surface area contributed by atoms with Crippen LogP contribution in [0.4, 0.5) is 18.9 Å². The van der Waals surface area contributed by atoms with E-state index in [1.165, 1.54) is 12.1 Å². The molecule has 0 amide bonds. The molecular formula is C13H13F3N2. The average molecular weight is 254 g/mol. The molecule has 0 heterocycles. The quantitative estimate of drug-likeness (QED) is 0.768. The Hall–Kier alpha value is -1.96. The van der Waals surface area contributed by atoms with Gasteiger partial charge in [0.2, 0.25) is 0 Å². The lowest BCUT2D eigenvalue weighted by molar-refractivity contribution is -0.137. The first-order valence-corrected chi connectivity index (χ1v) is 5.41. The smallest absolute Gasteiger partial charge is 0.368 e. The van der Waals surface area contributed by atoms with Gasteiger partial charge in [0, 0.05) is 18.8 Å². The number of benzene rings is 1. The maximum atomic E-state index is 12.8. The fourth-order valence-electron chi connectivity index (χ4n) is 1.63. The number of hydrogen-bond donors (Lipinski definition) is 0. The van der Waals surface area contributed by atoms with Gasteiger partial charge in [0.1, 0.15) is 0 Å². The molecule has 18 heavy (non-hydrogen) atoms. The first kappa shape index (κ1) is 14.1. The van der Waals surface area contributed by atoms with Gasteiger partial charge in [-0.25, -0.2) is 0 Å². The van der Waals surface area contributed by atoms with E-state index in [2.05, 4.69) is 6.58 Å². The second kappa shape index (κ2) is 5.58. The number of anilines is 1. The van der Waals surface area contributed by atoms with E-state index in [0.29, 0.717) is 18.8 Å². The van der Waals surface area contributed by atoms with Crippen LogP contribution in [0.2, 0.25) is 0 Å². The highest BCUT2D eigenvalue weighted by molar-refractivity contribution is 5.55. The Labute approximate surface area is 104 Å². The van der Waals surface area contributed by atoms with Crippen LogP contribution in [0, 0.1) is 11.3 Å². The van der Waals surface area contributed by atoms with Crippen LogP contribution in [0.1, 0.15) is 18.1 Å². The molecule has 0 radical (unpaired) electrons. The highest BCUT2D eigenvalue weighted by Gasteiger charge is 2.34. The van der Waals surface area contributed by atoms with Crippen LogP contribution >= 0.6 is 0 Å². The minimum atomic E-state index is -4.52. The van der Waals surface area contributed by atoms with E-state index < -0.39 is 11.7 Å². The van der Waals surface area contributed by atoms with Gasteiger partial charge in [0.25, 0.3) is 0 Å². The van der Waals surface area contributed by atoms with Crippen LogP contribution in [0.3, 0.4) is 0 Å². The van der Waals surface area contributed by atoms with Crippen LogP contribution in [0.15, 0.2) is 30.9 Å². The monoisotopic (exact) mass is 254 g/mol. The van der Waals surface area contributed by atoms with Crippen molar-refractivity contribution in [1.82, 2.24) is 0 Å². The van der Waals surface area contributed by atoms with Gasteiger partial charge in [-0.1, -0.05) is 6.08 Å². The van der Waals surface area contributed by atoms with Gasteiger partial charge in [-0.3, -0.25) is 0 Å². The molecule has 0 aliphatic heterocycles. The number of rotatable bonds is 4. The van der Waals surface area contributed by atoms with Gasteiger partial charge in [0.15, 0.2) is 0 Å². The molecule has 0 aromatic heterocycles. The van der Waals surface area contributed by atoms with Crippen molar-refractivity contribution >= 4 is 5.69 Å². The Morgan fingerprint density at radius 3 is 2.56 bits per heavy atom. The summed E-state index contributed by atoms with van der Waals surface area (Å²) in [7, 11) is 0. The van der Waals surface area contributed by atoms with Crippen molar-refractivity contribution in [3.8, 4) is 6.07 Å². The van der Waals surface area contributed by atoms with Crippen molar-refractivity contribution in [2.24, 2.45) is 0 Å². The van der Waals surface area contributed by atoms with E-state index in [4.69, 9.17) is 5.26 Å². The zero-order valence-corrected chi connectivity index (χ0v) is 9.96. The summed E-state index contributed by atoms with van der Waals surface area (Å²) < 4.78 is 38.3. The molecule has 96 valence electrons. The average Bonchev–Trinajstić information content (AvgIpc) is 2.34. The Kier molecular flexibility index (Phi) is 4.38. The third kappa shape index (κ3) is 3.04. The first-order chi connectivity index (χ1) is 8.43. The Morgan fingerprint density at radius 2 is 2.11 bits per heavy atom. The third-order valence-electron chi connectivity index (χ3n) is 2.53. The zero-order valence-electron chi connectivity index (χ0n) is 9.96. The van der Waals surface area contributed by atoms with Crippen LogP contribution in [0.5, 0.6) is 0 Å². The second-order valence-corrected chi connectivity index (χ2v) is 3.67. The molecular weight excluding hydrogens is 241 g/mol. The largest absolute Gasteiger partial charge is 0.417 e. The molecule has 2 nitrogen and oxygen atoms in total. The maximum Gasteiger partial charge on any atom is 0.417 e. The fourth-order valence-corrected chi connectivity index (χ4v) is 1.63. The van der Waals surface area contributed by atoms with Crippen molar-refractivity contribution in [2.45, 2.75) is 13.1 Å². The minimum absolute atomic E-state index is 0.360. The van der Waals surface area contributed by atoms with Gasteiger partial charge >= 0.3 is 6.18 Å². The van der Waals surface area contributed by atoms with Crippen LogP contribution in [-0.2, 0) is 6.18 Å². The van der Waals surface area contributed by atoms with Crippen molar-refractivity contribution in [1.29, 1.82) is 5.26 Å². The topological polar surface area (TPSA) is 27.0 Å². The number of alkyl halides is 3. The summed E-state index contributed by atoms with van der Waals surface area (Å²) in [5.74, 6) is 0. The number of nitrogens with zero attached hydrogens (tertiary/aromatic N) is 2. The standard InChI is InChI=1S/C13H13F3N2/c1-3-7-18(4-2)11-6-5-10(9-17)12(8-11)13(14,15)16/h3,5-6,8H,1,4,7H2,2H3. The number of hydrogen-bond acceptors (Lipinski definition) is 2. The van der Waals surface area contributed by atoms with Gasteiger partial charge in [-0.05, 0) is 25.1 Å². The van der Waals surface area contributed by atoms with Crippen molar-refractivity contribution in [3.63, 3.8) is 0 Å². The summed E-state index contributed by atoms with van der Waals surface area (Å²) >= 11 is 0. The summed E-state index contributed by atoms with van der Waals surface area (Å²) in [5, 5.41) is 8.69. The molecule has 0 N–H and O–H groups in total. The summed E-state index contributed by atoms with van der Waals surface area (Å²) in [5.41, 5.74) is -0.824. The minimum Gasteiger partial charge on any atom is -0.368 e. The van der Waals surface area contributed by atoms with Crippen LogP contribution in [-0.4, -0.2) is 13.1 Å². The Balaban J connectivity index is 3.26. The Bertz CT molecular complexity index is 472. The van der Waals surface area contributed by atoms with Gasteiger partial charge in [-0.2, -0.15) is 18.4 Å². The number of halogens is 3. The summed E-state index contributed by atoms with van der Waals surface area (Å²) in [4.78, 5) is 1.74. The molecule has 0 aliphatic rings. The van der Waals surface area contributed by atoms with E-state index in [9.17, 15) is 13.2 Å². The predicted molar refractivity (Wildman–Crippen MR) is 64.2 cm³/mol. The molecule has 0 saturated heterocycles. The van der Waals surface area contributed by atoms with Gasteiger partial charge in [0.05, 0.1) is 17.2 Å². The lowest BCUT2D eigenvalue weighted by Gasteiger charge is -2.22. The maximum absolute atomic E-state index is 12.8. The van der Waals surface area contributed by atoms with E-state index in [1.54, 1.807) is 17.0 Å². The Morgan fingerprint density at radius 1 is 1.44 bits per heavy atom. The van der Waals surface area contributed by atoms with Crippen molar-refractivity contribution in [3.05, 3.63) is 42.0 Å². The molecule has 1 aromatic carbocycles. The predicted octanol–water partition coefficient (Wildman–Crippen LogP) is 3.59. The first-order valence-electron chi connectivity index (χ1n) is 5.41. The molecule has 0 spiro atoms. The van der Waals surface area contributed by atoms with Gasteiger partial charge < -0.3 is 4.90 Å². The molecule has 1 aromatic rings. The molecule has 1 rings (SSSR count). The molecule has 0 fully saturated rings. The lowest BCUT2D eigenvalue weighted by atomic mass is 10.1. The molecule has 0 saturated carbocycles. The van der Waals surface area contributed by atoms with Crippen LogP contribution in [0.25, 0.3) is 0 Å². The highest BCUT2D eigenvalue weighted by Crippen LogP contribution is 2.34. The molecule has 0 bridgehead atoms. The lowest BCUT2D eigenvalue weighted by Crippen LogP contribution is -2.23. The molecule has 0 atom stereocenters. The van der Waals surface area contributed by atoms with Crippen molar-refractivity contribution < 1.29 is 13.2 Å². The summed E-state index contributed by atoms with van der Waals surface area (Å²) in [6.07, 6.45) is -2.90.